The van der Waals surface area contributed by atoms with Crippen LogP contribution in [0.25, 0.3) is 10.9 Å². The zero-order valence-electron chi connectivity index (χ0n) is 9.84. The molecule has 1 aromatic carbocycles. The molecule has 0 bridgehead atoms. The Hall–Kier alpha value is -2.40. The minimum Gasteiger partial charge on any atom is -0.393 e. The van der Waals surface area contributed by atoms with Crippen molar-refractivity contribution in [3.63, 3.8) is 0 Å². The van der Waals surface area contributed by atoms with Gasteiger partial charge in [-0.15, -0.1) is 0 Å². The number of nitrogens with one attached hydrogen (secondary N) is 1. The highest BCUT2D eigenvalue weighted by atomic mass is 35.5. The van der Waals surface area contributed by atoms with Crippen molar-refractivity contribution in [2.24, 2.45) is 0 Å². The third kappa shape index (κ3) is 2.28. The molecule has 0 spiro atoms. The van der Waals surface area contributed by atoms with E-state index in [0.29, 0.717) is 11.5 Å². The summed E-state index contributed by atoms with van der Waals surface area (Å²) in [6.07, 6.45) is 3.08. The Morgan fingerprint density at radius 1 is 1.11 bits per heavy atom. The van der Waals surface area contributed by atoms with Gasteiger partial charge in [-0.2, -0.15) is 0 Å². The maximum absolute atomic E-state index is 5.84. The van der Waals surface area contributed by atoms with Gasteiger partial charge < -0.3 is 11.1 Å². The SMILES string of the molecule is Nc1c(Cl)ncnc1Nc1cnc2ccccc2c1. The molecule has 0 fully saturated rings. The van der Waals surface area contributed by atoms with Crippen molar-refractivity contribution in [3.05, 3.63) is 48.0 Å². The van der Waals surface area contributed by atoms with Crippen molar-refractivity contribution in [3.8, 4) is 0 Å². The van der Waals surface area contributed by atoms with Gasteiger partial charge in [0.25, 0.3) is 0 Å². The van der Waals surface area contributed by atoms with Crippen LogP contribution in [0.15, 0.2) is 42.9 Å². The van der Waals surface area contributed by atoms with Crippen LogP contribution in [0.4, 0.5) is 17.2 Å². The summed E-state index contributed by atoms with van der Waals surface area (Å²) in [5.41, 5.74) is 7.84. The van der Waals surface area contributed by atoms with Crippen LogP contribution in [-0.4, -0.2) is 15.0 Å². The van der Waals surface area contributed by atoms with Crippen molar-refractivity contribution >= 4 is 39.7 Å². The Labute approximate surface area is 114 Å². The number of hydrogen-bond donors (Lipinski definition) is 2. The first-order valence-electron chi connectivity index (χ1n) is 5.62. The molecule has 0 aliphatic rings. The molecule has 2 aromatic heterocycles. The van der Waals surface area contributed by atoms with E-state index < -0.39 is 0 Å². The van der Waals surface area contributed by atoms with Crippen molar-refractivity contribution in [1.82, 2.24) is 15.0 Å². The summed E-state index contributed by atoms with van der Waals surface area (Å²) in [6.45, 7) is 0. The van der Waals surface area contributed by atoms with E-state index in [0.717, 1.165) is 16.6 Å². The molecule has 0 radical (unpaired) electrons. The van der Waals surface area contributed by atoms with E-state index in [2.05, 4.69) is 20.3 Å². The van der Waals surface area contributed by atoms with E-state index in [9.17, 15) is 0 Å². The molecule has 2 heterocycles. The average molecular weight is 272 g/mol. The zero-order valence-corrected chi connectivity index (χ0v) is 10.6. The van der Waals surface area contributed by atoms with Crippen LogP contribution in [0.5, 0.6) is 0 Å². The summed E-state index contributed by atoms with van der Waals surface area (Å²) >= 11 is 5.84. The molecule has 6 heteroatoms. The maximum Gasteiger partial charge on any atom is 0.158 e. The lowest BCUT2D eigenvalue weighted by Gasteiger charge is -2.08. The van der Waals surface area contributed by atoms with Gasteiger partial charge in [0.2, 0.25) is 0 Å². The van der Waals surface area contributed by atoms with Gasteiger partial charge in [-0.25, -0.2) is 9.97 Å². The van der Waals surface area contributed by atoms with Crippen LogP contribution < -0.4 is 11.1 Å². The average Bonchev–Trinajstić information content (AvgIpc) is 2.44. The van der Waals surface area contributed by atoms with Crippen LogP contribution >= 0.6 is 11.6 Å². The molecule has 0 amide bonds. The molecule has 0 saturated carbocycles. The highest BCUT2D eigenvalue weighted by molar-refractivity contribution is 6.32. The highest BCUT2D eigenvalue weighted by Crippen LogP contribution is 2.26. The quantitative estimate of drug-likeness (QED) is 0.701. The highest BCUT2D eigenvalue weighted by Gasteiger charge is 2.06. The van der Waals surface area contributed by atoms with E-state index in [4.69, 9.17) is 17.3 Å². The smallest absolute Gasteiger partial charge is 0.158 e. The predicted octanol–water partition coefficient (Wildman–Crippen LogP) is 3.00. The van der Waals surface area contributed by atoms with Gasteiger partial charge in [-0.3, -0.25) is 4.98 Å². The fourth-order valence-corrected chi connectivity index (χ4v) is 1.88. The van der Waals surface area contributed by atoms with Gasteiger partial charge in [-0.05, 0) is 12.1 Å². The zero-order chi connectivity index (χ0) is 13.2. The van der Waals surface area contributed by atoms with Gasteiger partial charge in [0, 0.05) is 5.39 Å². The molecule has 3 aromatic rings. The maximum atomic E-state index is 5.84. The number of pyridine rings is 1. The number of benzene rings is 1. The summed E-state index contributed by atoms with van der Waals surface area (Å²) in [5.74, 6) is 0.470. The molecule has 0 saturated heterocycles. The summed E-state index contributed by atoms with van der Waals surface area (Å²) < 4.78 is 0. The second kappa shape index (κ2) is 4.70. The fraction of sp³-hybridized carbons (Fsp3) is 0. The lowest BCUT2D eigenvalue weighted by molar-refractivity contribution is 1.17. The second-order valence-corrected chi connectivity index (χ2v) is 4.33. The monoisotopic (exact) mass is 271 g/mol. The Kier molecular flexibility index (Phi) is 2.89. The van der Waals surface area contributed by atoms with Crippen molar-refractivity contribution in [1.29, 1.82) is 0 Å². The summed E-state index contributed by atoms with van der Waals surface area (Å²) in [4.78, 5) is 12.2. The standard InChI is InChI=1S/C13H10ClN5/c14-12-11(15)13(18-7-17-12)19-9-5-8-3-1-2-4-10(8)16-6-9/h1-7H,15H2,(H,17,18,19). The van der Waals surface area contributed by atoms with E-state index in [1.807, 2.05) is 30.3 Å². The fourth-order valence-electron chi connectivity index (χ4n) is 1.75. The lowest BCUT2D eigenvalue weighted by Crippen LogP contribution is -2.01. The molecular weight excluding hydrogens is 262 g/mol. The molecule has 0 aliphatic heterocycles. The van der Waals surface area contributed by atoms with Gasteiger partial charge in [0.1, 0.15) is 12.0 Å². The Morgan fingerprint density at radius 2 is 1.95 bits per heavy atom. The number of nitrogens with zero attached hydrogens (tertiary/aromatic N) is 3. The Bertz CT molecular complexity index is 744. The summed E-state index contributed by atoms with van der Waals surface area (Å²) in [6, 6.07) is 9.82. The molecule has 94 valence electrons. The van der Waals surface area contributed by atoms with Crippen LogP contribution in [0.2, 0.25) is 5.15 Å². The number of aromatic nitrogens is 3. The predicted molar refractivity (Wildman–Crippen MR) is 76.5 cm³/mol. The number of halogens is 1. The number of anilines is 3. The first-order chi connectivity index (χ1) is 9.24. The molecule has 5 nitrogen and oxygen atoms in total. The minimum absolute atomic E-state index is 0.228. The number of nitrogen functional groups attached to an aromatic ring is 1. The number of rotatable bonds is 2. The normalized spacial score (nSPS) is 10.6. The molecule has 0 unspecified atom stereocenters. The third-order valence-corrected chi connectivity index (χ3v) is 2.99. The third-order valence-electron chi connectivity index (χ3n) is 2.69. The van der Waals surface area contributed by atoms with Crippen LogP contribution in [-0.2, 0) is 0 Å². The van der Waals surface area contributed by atoms with Crippen LogP contribution in [0.3, 0.4) is 0 Å². The van der Waals surface area contributed by atoms with Gasteiger partial charge >= 0.3 is 0 Å². The first kappa shape index (κ1) is 11.7. The van der Waals surface area contributed by atoms with E-state index >= 15 is 0 Å². The molecule has 3 N–H and O–H groups in total. The topological polar surface area (TPSA) is 76.7 Å². The lowest BCUT2D eigenvalue weighted by atomic mass is 10.2. The number of fused-ring (bicyclic) bond motifs is 1. The largest absolute Gasteiger partial charge is 0.393 e. The van der Waals surface area contributed by atoms with E-state index in [1.54, 1.807) is 6.20 Å². The minimum atomic E-state index is 0.228. The van der Waals surface area contributed by atoms with Crippen molar-refractivity contribution < 1.29 is 0 Å². The van der Waals surface area contributed by atoms with Crippen molar-refractivity contribution in [2.45, 2.75) is 0 Å². The molecular formula is C13H10ClN5. The second-order valence-electron chi connectivity index (χ2n) is 3.97. The summed E-state index contributed by atoms with van der Waals surface area (Å²) in [5, 5.41) is 4.34. The first-order valence-corrected chi connectivity index (χ1v) is 5.99. The van der Waals surface area contributed by atoms with Crippen molar-refractivity contribution in [2.75, 3.05) is 11.1 Å². The summed E-state index contributed by atoms with van der Waals surface area (Å²) in [7, 11) is 0. The molecule has 0 aliphatic carbocycles. The van der Waals surface area contributed by atoms with Gasteiger partial charge in [0.05, 0.1) is 17.4 Å². The Balaban J connectivity index is 1.99. The van der Waals surface area contributed by atoms with Crippen LogP contribution in [0, 0.1) is 0 Å². The van der Waals surface area contributed by atoms with Gasteiger partial charge in [-0.1, -0.05) is 29.8 Å². The van der Waals surface area contributed by atoms with Crippen LogP contribution in [0.1, 0.15) is 0 Å². The molecule has 19 heavy (non-hydrogen) atoms. The van der Waals surface area contributed by atoms with E-state index in [1.165, 1.54) is 6.33 Å². The number of para-hydroxylation sites is 1. The molecule has 0 atom stereocenters. The van der Waals surface area contributed by atoms with E-state index in [-0.39, 0.29) is 5.15 Å². The number of nitrogens with two attached hydrogens (primary N) is 1. The van der Waals surface area contributed by atoms with Gasteiger partial charge in [0.15, 0.2) is 11.0 Å². The number of hydrogen-bond acceptors (Lipinski definition) is 5. The Morgan fingerprint density at radius 3 is 2.84 bits per heavy atom. The molecule has 3 rings (SSSR count).